The van der Waals surface area contributed by atoms with Crippen LogP contribution in [-0.2, 0) is 13.0 Å². The molecule has 10 nitrogen and oxygen atoms in total. The summed E-state index contributed by atoms with van der Waals surface area (Å²) in [6.45, 7) is 2.61. The van der Waals surface area contributed by atoms with E-state index in [2.05, 4.69) is 29.5 Å². The van der Waals surface area contributed by atoms with Crippen molar-refractivity contribution < 1.29 is 24.2 Å². The van der Waals surface area contributed by atoms with E-state index in [0.717, 1.165) is 12.0 Å². The van der Waals surface area contributed by atoms with Crippen LogP contribution in [0, 0.1) is 0 Å². The molecular formula is C34H30ClN5O5. The molecule has 0 fully saturated rings. The Balaban J connectivity index is 0.00000357. The summed E-state index contributed by atoms with van der Waals surface area (Å²) in [5.41, 5.74) is 8.25. The van der Waals surface area contributed by atoms with Gasteiger partial charge in [0.2, 0.25) is 6.79 Å². The number of hydrazine groups is 1. The van der Waals surface area contributed by atoms with Gasteiger partial charge in [0.25, 0.3) is 5.91 Å². The number of benzene rings is 3. The third-order valence-electron chi connectivity index (χ3n) is 7.97. The number of hydrogen-bond acceptors (Lipinski definition) is 7. The van der Waals surface area contributed by atoms with Gasteiger partial charge in [0, 0.05) is 36.7 Å². The normalized spacial score (nSPS) is 16.2. The number of ether oxygens (including phenoxy) is 2. The van der Waals surface area contributed by atoms with Gasteiger partial charge >= 0.3 is 6.03 Å². The largest absolute Gasteiger partial charge is 0.508 e. The van der Waals surface area contributed by atoms with Crippen molar-refractivity contribution in [1.82, 2.24) is 20.3 Å². The summed E-state index contributed by atoms with van der Waals surface area (Å²) < 4.78 is 11.3. The van der Waals surface area contributed by atoms with Gasteiger partial charge in [-0.25, -0.2) is 9.80 Å². The van der Waals surface area contributed by atoms with Crippen LogP contribution in [0.25, 0.3) is 5.70 Å². The number of urea groups is 1. The Morgan fingerprint density at radius 2 is 1.64 bits per heavy atom. The van der Waals surface area contributed by atoms with Gasteiger partial charge in [-0.3, -0.25) is 20.1 Å². The first kappa shape index (κ1) is 29.6. The number of aromatic hydroxyl groups is 1. The number of pyridine rings is 1. The molecule has 0 radical (unpaired) electrons. The zero-order valence-electron chi connectivity index (χ0n) is 24.3. The lowest BCUT2D eigenvalue weighted by Crippen LogP contribution is -2.46. The van der Waals surface area contributed by atoms with E-state index in [-0.39, 0.29) is 36.9 Å². The molecule has 0 unspecified atom stereocenters. The first-order valence-electron chi connectivity index (χ1n) is 14.3. The Bertz CT molecular complexity index is 1810. The van der Waals surface area contributed by atoms with Crippen LogP contribution in [0.3, 0.4) is 0 Å². The molecule has 11 heteroatoms. The minimum atomic E-state index is -0.418. The molecule has 3 aliphatic heterocycles. The number of halogens is 1. The Hall–Kier alpha value is -5.48. The van der Waals surface area contributed by atoms with Crippen molar-refractivity contribution in [2.45, 2.75) is 25.9 Å². The van der Waals surface area contributed by atoms with E-state index < -0.39 is 6.03 Å². The number of aromatic nitrogens is 1. The minimum Gasteiger partial charge on any atom is -0.508 e. The van der Waals surface area contributed by atoms with Crippen molar-refractivity contribution in [3.05, 3.63) is 126 Å². The molecule has 4 aromatic rings. The number of allylic oxidation sites excluding steroid dienone is 2. The second-order valence-electron chi connectivity index (χ2n) is 10.7. The molecule has 7 rings (SSSR count). The summed E-state index contributed by atoms with van der Waals surface area (Å²) in [5, 5.41) is 11.2. The molecule has 228 valence electrons. The van der Waals surface area contributed by atoms with E-state index in [1.165, 1.54) is 27.6 Å². The Kier molecular flexibility index (Phi) is 8.06. The average Bonchev–Trinajstić information content (AvgIpc) is 3.53. The van der Waals surface area contributed by atoms with Gasteiger partial charge in [0.05, 0.1) is 22.6 Å². The van der Waals surface area contributed by atoms with Crippen molar-refractivity contribution in [3.8, 4) is 17.2 Å². The van der Waals surface area contributed by atoms with Gasteiger partial charge in [0.1, 0.15) is 5.75 Å². The van der Waals surface area contributed by atoms with Crippen LogP contribution in [-0.4, -0.2) is 44.8 Å². The number of phenols is 1. The van der Waals surface area contributed by atoms with E-state index in [4.69, 9.17) is 9.47 Å². The van der Waals surface area contributed by atoms with E-state index in [0.29, 0.717) is 46.2 Å². The molecule has 45 heavy (non-hydrogen) atoms. The number of nitrogens with one attached hydrogen (secondary N) is 1. The summed E-state index contributed by atoms with van der Waals surface area (Å²) in [5.74, 6) is 0.964. The fourth-order valence-corrected chi connectivity index (χ4v) is 5.71. The molecule has 0 saturated heterocycles. The topological polar surface area (TPSA) is 107 Å². The molecule has 3 amide bonds. The van der Waals surface area contributed by atoms with Crippen LogP contribution in [0.5, 0.6) is 17.2 Å². The summed E-state index contributed by atoms with van der Waals surface area (Å²) in [6.07, 6.45) is 9.12. The number of anilines is 2. The highest BCUT2D eigenvalue weighted by molar-refractivity contribution is 6.02. The van der Waals surface area contributed by atoms with E-state index in [1.54, 1.807) is 61.1 Å². The maximum absolute atomic E-state index is 14.2. The number of carbonyl (C=O) groups excluding carboxylic acids is 2. The number of nitrogens with zero attached hydrogens (tertiary/aromatic N) is 4. The van der Waals surface area contributed by atoms with Crippen molar-refractivity contribution in [1.29, 1.82) is 0 Å². The smallest absolute Gasteiger partial charge is 0.351 e. The van der Waals surface area contributed by atoms with Gasteiger partial charge in [-0.1, -0.05) is 24.3 Å². The quantitative estimate of drug-likeness (QED) is 0.280. The lowest BCUT2D eigenvalue weighted by Gasteiger charge is -2.36. The van der Waals surface area contributed by atoms with Crippen molar-refractivity contribution >= 4 is 41.4 Å². The second-order valence-corrected chi connectivity index (χ2v) is 10.7. The molecule has 0 spiro atoms. The van der Waals surface area contributed by atoms with E-state index >= 15 is 0 Å². The molecular weight excluding hydrogens is 594 g/mol. The molecule has 1 atom stereocenters. The molecule has 3 aromatic carbocycles. The van der Waals surface area contributed by atoms with E-state index in [1.807, 2.05) is 23.1 Å². The lowest BCUT2D eigenvalue weighted by molar-refractivity contribution is 0.0657. The van der Waals surface area contributed by atoms with Crippen LogP contribution in [0.2, 0.25) is 0 Å². The molecule has 3 aliphatic rings. The lowest BCUT2D eigenvalue weighted by atomic mass is 9.93. The monoisotopic (exact) mass is 623 g/mol. The number of amides is 3. The van der Waals surface area contributed by atoms with Crippen molar-refractivity contribution in [3.63, 3.8) is 0 Å². The maximum atomic E-state index is 14.2. The molecule has 4 heterocycles. The van der Waals surface area contributed by atoms with Crippen molar-refractivity contribution in [2.24, 2.45) is 0 Å². The fraction of sp³-hybridized carbons (Fsp3) is 0.147. The minimum absolute atomic E-state index is 0. The zero-order valence-corrected chi connectivity index (χ0v) is 25.1. The van der Waals surface area contributed by atoms with Gasteiger partial charge in [-0.05, 0) is 85.2 Å². The number of phenolic OH excluding ortho intramolecular Hbond substituents is 1. The van der Waals surface area contributed by atoms with Crippen molar-refractivity contribution in [2.75, 3.05) is 11.7 Å². The Labute approximate surface area is 266 Å². The molecule has 0 aliphatic carbocycles. The maximum Gasteiger partial charge on any atom is 0.351 e. The zero-order chi connectivity index (χ0) is 30.2. The van der Waals surface area contributed by atoms with Gasteiger partial charge < -0.3 is 19.5 Å². The standard InChI is InChI=1S/C34H29N5O5.ClH/c1-22-17-23-5-2-3-6-24(23)20-37(22)33(41)29-19-32-31(43-21-44-32)18-28(29)30-7-4-16-38(36-30)34(42)39(26-12-14-35-15-13-26)25-8-10-27(40)11-9-25;/h2-16,18-19,22,36,40H,17,20-21H2,1H3;1H/t22-;/m1./s1. The number of fused-ring (bicyclic) bond motifs is 2. The summed E-state index contributed by atoms with van der Waals surface area (Å²) in [7, 11) is 0. The second kappa shape index (κ2) is 12.3. The Morgan fingerprint density at radius 1 is 0.956 bits per heavy atom. The highest BCUT2D eigenvalue weighted by Gasteiger charge is 2.32. The van der Waals surface area contributed by atoms with Crippen LogP contribution >= 0.6 is 12.4 Å². The third kappa shape index (κ3) is 5.63. The molecule has 1 aromatic heterocycles. The van der Waals surface area contributed by atoms with Crippen LogP contribution in [0.15, 0.2) is 104 Å². The molecule has 2 N–H and O–H groups in total. The predicted molar refractivity (Wildman–Crippen MR) is 171 cm³/mol. The fourth-order valence-electron chi connectivity index (χ4n) is 5.71. The molecule has 0 saturated carbocycles. The first-order valence-corrected chi connectivity index (χ1v) is 14.3. The number of carbonyl (C=O) groups is 2. The third-order valence-corrected chi connectivity index (χ3v) is 7.97. The highest BCUT2D eigenvalue weighted by atomic mass is 35.5. The summed E-state index contributed by atoms with van der Waals surface area (Å²) in [4.78, 5) is 35.8. The SMILES string of the molecule is C[C@@H]1Cc2ccccc2CN1C(=O)c1cc2c(cc1C1=CC=CN(C(=O)N(c3ccncc3)c3ccc(O)cc3)N1)OCO2.Cl. The van der Waals surface area contributed by atoms with Gasteiger partial charge in [0.15, 0.2) is 11.5 Å². The molecule has 0 bridgehead atoms. The summed E-state index contributed by atoms with van der Waals surface area (Å²) in [6, 6.07) is 21.1. The number of rotatable bonds is 4. The van der Waals surface area contributed by atoms with E-state index in [9.17, 15) is 14.7 Å². The Morgan fingerprint density at radius 3 is 2.40 bits per heavy atom. The van der Waals surface area contributed by atoms with Crippen LogP contribution < -0.4 is 19.8 Å². The van der Waals surface area contributed by atoms with Gasteiger partial charge in [-0.15, -0.1) is 12.4 Å². The first-order chi connectivity index (χ1) is 21.5. The van der Waals surface area contributed by atoms with Gasteiger partial charge in [-0.2, -0.15) is 0 Å². The highest BCUT2D eigenvalue weighted by Crippen LogP contribution is 2.39. The predicted octanol–water partition coefficient (Wildman–Crippen LogP) is 6.16. The summed E-state index contributed by atoms with van der Waals surface area (Å²) >= 11 is 0. The van der Waals surface area contributed by atoms with Crippen LogP contribution in [0.1, 0.15) is 34.0 Å². The van der Waals surface area contributed by atoms with Crippen LogP contribution in [0.4, 0.5) is 16.2 Å². The number of hydrogen-bond donors (Lipinski definition) is 2. The average molecular weight is 624 g/mol.